The number of rotatable bonds is 9. The van der Waals surface area contributed by atoms with Gasteiger partial charge in [-0.2, -0.15) is 0 Å². The summed E-state index contributed by atoms with van der Waals surface area (Å²) in [6.45, 7) is 14.2. The lowest BCUT2D eigenvalue weighted by Gasteiger charge is -2.30. The molecule has 0 radical (unpaired) electrons. The first-order valence-electron chi connectivity index (χ1n) is 33.9. The lowest BCUT2D eigenvalue weighted by atomic mass is 9.82. The Balaban J connectivity index is 0.000000141. The molecule has 2 heterocycles. The van der Waals surface area contributed by atoms with Crippen molar-refractivity contribution in [3.63, 3.8) is 0 Å². The molecule has 19 rings (SSSR count). The van der Waals surface area contributed by atoms with Crippen LogP contribution in [0.2, 0.25) is 0 Å². The van der Waals surface area contributed by atoms with Crippen LogP contribution in [-0.4, -0.2) is 0 Å². The molecule has 2 aromatic heterocycles. The van der Waals surface area contributed by atoms with Crippen LogP contribution in [0.15, 0.2) is 315 Å². The van der Waals surface area contributed by atoms with Crippen LogP contribution in [0.25, 0.3) is 107 Å². The van der Waals surface area contributed by atoms with Crippen molar-refractivity contribution in [1.82, 2.24) is 0 Å². The zero-order valence-corrected chi connectivity index (χ0v) is 56.9. The van der Waals surface area contributed by atoms with E-state index in [0.717, 1.165) is 22.7 Å². The van der Waals surface area contributed by atoms with Gasteiger partial charge < -0.3 is 9.80 Å². The van der Waals surface area contributed by atoms with Crippen molar-refractivity contribution < 1.29 is 0 Å². The van der Waals surface area contributed by atoms with Crippen molar-refractivity contribution in [3.05, 3.63) is 349 Å². The monoisotopic (exact) mass is 1280 g/mol. The van der Waals surface area contributed by atoms with Gasteiger partial charge in [-0.05, 0) is 209 Å². The zero-order valence-electron chi connectivity index (χ0n) is 55.2. The van der Waals surface area contributed by atoms with E-state index in [1.807, 2.05) is 22.7 Å². The lowest BCUT2D eigenvalue weighted by molar-refractivity contribution is 0.660. The maximum Gasteiger partial charge on any atom is 0.0465 e. The van der Waals surface area contributed by atoms with E-state index in [1.165, 1.54) is 152 Å². The first-order chi connectivity index (χ1) is 47.3. The Morgan fingerprint density at radius 2 is 0.464 bits per heavy atom. The van der Waals surface area contributed by atoms with Gasteiger partial charge in [-0.15, -0.1) is 22.7 Å². The fourth-order valence-corrected chi connectivity index (χ4v) is 18.4. The predicted octanol–water partition coefficient (Wildman–Crippen LogP) is 27.0. The molecule has 16 aromatic rings. The average molecular weight is 1280 g/mol. The van der Waals surface area contributed by atoms with Crippen molar-refractivity contribution in [3.8, 4) is 66.8 Å². The first kappa shape index (κ1) is 58.7. The smallest absolute Gasteiger partial charge is 0.0465 e. The highest BCUT2D eigenvalue weighted by Crippen LogP contribution is 2.55. The topological polar surface area (TPSA) is 6.48 Å². The number of hydrogen-bond donors (Lipinski definition) is 0. The molecule has 4 heteroatoms. The van der Waals surface area contributed by atoms with Crippen molar-refractivity contribution in [2.75, 3.05) is 9.80 Å². The quantitative estimate of drug-likeness (QED) is 0.142. The van der Waals surface area contributed by atoms with Gasteiger partial charge in [0.25, 0.3) is 0 Å². The van der Waals surface area contributed by atoms with E-state index < -0.39 is 0 Å². The minimum atomic E-state index is -0.0799. The van der Waals surface area contributed by atoms with Gasteiger partial charge in [-0.1, -0.05) is 248 Å². The molecule has 3 aliphatic carbocycles. The number of fused-ring (bicyclic) bond motifs is 15. The molecule has 0 amide bonds. The standard InChI is InChI=1S/C48H37NS.C45H33NS/c1-47(2)41-14-8-5-11-35(41)37-24-22-33(28-43(37)47)49(34-23-25-38-36-12-6-9-15-42(36)48(3,4)44(38)29-34)32-20-17-30(18-21-32)31-19-26-46-40(27-31)39-13-7-10-16-45(39)50-46;1-45(2)41-14-8-6-12-37(41)38-26-25-36(29-42(38)45)46(34-21-16-31(17-22-34)30-10-4-3-5-11-30)35-23-18-32(19-24-35)33-20-27-44-40(28-33)39-13-7-9-15-43(39)47-44/h5-29H,1-4H3;3-29H,1-2H3. The Bertz CT molecular complexity index is 5680. The van der Waals surface area contributed by atoms with E-state index in [1.54, 1.807) is 0 Å². The molecule has 0 fully saturated rings. The van der Waals surface area contributed by atoms with Crippen LogP contribution in [0, 0.1) is 0 Å². The summed E-state index contributed by atoms with van der Waals surface area (Å²) in [5.74, 6) is 0. The fraction of sp³-hybridized carbons (Fsp3) is 0.0968. The van der Waals surface area contributed by atoms with Crippen LogP contribution < -0.4 is 9.80 Å². The van der Waals surface area contributed by atoms with Gasteiger partial charge in [0.05, 0.1) is 0 Å². The number of thiophene rings is 2. The minimum Gasteiger partial charge on any atom is -0.310 e. The first-order valence-corrected chi connectivity index (χ1v) is 35.5. The zero-order chi connectivity index (χ0) is 65.3. The second-order valence-electron chi connectivity index (χ2n) is 28.0. The lowest BCUT2D eigenvalue weighted by Crippen LogP contribution is -2.18. The minimum absolute atomic E-state index is 0.0703. The largest absolute Gasteiger partial charge is 0.310 e. The summed E-state index contributed by atoms with van der Waals surface area (Å²) in [6, 6.07) is 117. The molecule has 0 atom stereocenters. The van der Waals surface area contributed by atoms with Gasteiger partial charge >= 0.3 is 0 Å². The number of nitrogens with zero attached hydrogens (tertiary/aromatic N) is 2. The highest BCUT2D eigenvalue weighted by Gasteiger charge is 2.39. The summed E-state index contributed by atoms with van der Waals surface area (Å²) in [7, 11) is 0. The third kappa shape index (κ3) is 9.63. The molecule has 2 nitrogen and oxygen atoms in total. The van der Waals surface area contributed by atoms with E-state index in [0.29, 0.717) is 0 Å². The summed E-state index contributed by atoms with van der Waals surface area (Å²) in [5.41, 5.74) is 30.4. The molecule has 0 saturated heterocycles. The van der Waals surface area contributed by atoms with E-state index in [4.69, 9.17) is 0 Å². The molecular weight excluding hydrogens is 1210 g/mol. The Labute approximate surface area is 576 Å². The third-order valence-corrected chi connectivity index (χ3v) is 23.7. The van der Waals surface area contributed by atoms with Gasteiger partial charge in [-0.25, -0.2) is 0 Å². The maximum atomic E-state index is 2.46. The molecular formula is C93H70N2S2. The fourth-order valence-electron chi connectivity index (χ4n) is 16.2. The predicted molar refractivity (Wildman–Crippen MR) is 417 cm³/mol. The van der Waals surface area contributed by atoms with Gasteiger partial charge in [0.2, 0.25) is 0 Å². The molecule has 464 valence electrons. The van der Waals surface area contributed by atoms with Crippen LogP contribution in [-0.2, 0) is 16.2 Å². The Hall–Kier alpha value is -10.9. The Kier molecular flexibility index (Phi) is 13.7. The molecule has 0 saturated carbocycles. The van der Waals surface area contributed by atoms with Crippen molar-refractivity contribution in [2.24, 2.45) is 0 Å². The van der Waals surface area contributed by atoms with Gasteiger partial charge in [0, 0.05) is 90.7 Å². The van der Waals surface area contributed by atoms with E-state index in [2.05, 4.69) is 367 Å². The SMILES string of the molecule is CC1(C)c2ccccc2-c2ccc(N(c3ccc(-c4ccc5sc6ccccc6c5c4)cc3)c3ccc4c(c3)C(C)(C)c3ccccc3-4)cc21.CC1(C)c2ccccc2-c2ccc(N(c3ccc(-c4ccccc4)cc3)c3ccc(-c4ccc5sc6ccccc6c5c4)cc3)cc21. The van der Waals surface area contributed by atoms with Gasteiger partial charge in [0.15, 0.2) is 0 Å². The maximum absolute atomic E-state index is 2.46. The number of benzene rings is 14. The summed E-state index contributed by atoms with van der Waals surface area (Å²) >= 11 is 3.73. The third-order valence-electron chi connectivity index (χ3n) is 21.4. The molecule has 0 unspecified atom stereocenters. The van der Waals surface area contributed by atoms with Crippen LogP contribution in [0.3, 0.4) is 0 Å². The molecule has 0 N–H and O–H groups in total. The van der Waals surface area contributed by atoms with Crippen molar-refractivity contribution in [1.29, 1.82) is 0 Å². The van der Waals surface area contributed by atoms with Crippen LogP contribution in [0.4, 0.5) is 34.1 Å². The summed E-state index contributed by atoms with van der Waals surface area (Å²) < 4.78 is 5.34. The van der Waals surface area contributed by atoms with E-state index in [-0.39, 0.29) is 16.2 Å². The second-order valence-corrected chi connectivity index (χ2v) is 30.2. The Morgan fingerprint density at radius 1 is 0.196 bits per heavy atom. The molecule has 0 spiro atoms. The number of anilines is 6. The Morgan fingerprint density at radius 3 is 0.845 bits per heavy atom. The van der Waals surface area contributed by atoms with E-state index in [9.17, 15) is 0 Å². The normalized spacial score (nSPS) is 13.9. The van der Waals surface area contributed by atoms with Crippen LogP contribution >= 0.6 is 22.7 Å². The van der Waals surface area contributed by atoms with Crippen molar-refractivity contribution in [2.45, 2.75) is 57.8 Å². The summed E-state index contributed by atoms with van der Waals surface area (Å²) in [6.07, 6.45) is 0. The molecule has 14 aromatic carbocycles. The highest BCUT2D eigenvalue weighted by atomic mass is 32.1. The summed E-state index contributed by atoms with van der Waals surface area (Å²) in [5, 5.41) is 5.32. The molecule has 0 aliphatic heterocycles. The van der Waals surface area contributed by atoms with Gasteiger partial charge in [-0.3, -0.25) is 0 Å². The van der Waals surface area contributed by atoms with Crippen molar-refractivity contribution >= 4 is 97.1 Å². The van der Waals surface area contributed by atoms with Crippen LogP contribution in [0.5, 0.6) is 0 Å². The molecule has 0 bridgehead atoms. The molecule has 3 aliphatic rings. The van der Waals surface area contributed by atoms with Crippen LogP contribution in [0.1, 0.15) is 74.9 Å². The van der Waals surface area contributed by atoms with Gasteiger partial charge in [0.1, 0.15) is 0 Å². The second kappa shape index (κ2) is 22.6. The highest BCUT2D eigenvalue weighted by molar-refractivity contribution is 7.26. The molecule has 97 heavy (non-hydrogen) atoms. The average Bonchev–Trinajstić information content (AvgIpc) is 1.60. The number of hydrogen-bond acceptors (Lipinski definition) is 4. The summed E-state index contributed by atoms with van der Waals surface area (Å²) in [4.78, 5) is 4.85. The van der Waals surface area contributed by atoms with E-state index >= 15 is 0 Å².